The van der Waals surface area contributed by atoms with Crippen LogP contribution in [0.5, 0.6) is 17.2 Å². The molecule has 5 atom stereocenters. The van der Waals surface area contributed by atoms with Gasteiger partial charge in [-0.15, -0.1) is 0 Å². The summed E-state index contributed by atoms with van der Waals surface area (Å²) in [5, 5.41) is 58.8. The number of benzene rings is 2. The van der Waals surface area contributed by atoms with Crippen LogP contribution in [0.3, 0.4) is 0 Å². The van der Waals surface area contributed by atoms with Crippen molar-refractivity contribution in [3.8, 4) is 17.2 Å². The Balaban J connectivity index is 1.70. The molecular formula is C23H28O8. The van der Waals surface area contributed by atoms with Gasteiger partial charge in [0, 0.05) is 6.07 Å². The molecule has 1 aliphatic rings. The third kappa shape index (κ3) is 5.36. The summed E-state index contributed by atoms with van der Waals surface area (Å²) in [5.74, 6) is 0.437. The Morgan fingerprint density at radius 3 is 2.03 bits per heavy atom. The van der Waals surface area contributed by atoms with Gasteiger partial charge in [0.15, 0.2) is 0 Å². The van der Waals surface area contributed by atoms with Crippen LogP contribution < -0.4 is 4.74 Å². The van der Waals surface area contributed by atoms with E-state index in [0.717, 1.165) is 5.56 Å². The lowest BCUT2D eigenvalue weighted by atomic mass is 9.86. The summed E-state index contributed by atoms with van der Waals surface area (Å²) < 4.78 is 11.6. The van der Waals surface area contributed by atoms with Crippen molar-refractivity contribution in [1.29, 1.82) is 0 Å². The molecule has 1 fully saturated rings. The van der Waals surface area contributed by atoms with Crippen molar-refractivity contribution < 1.29 is 40.1 Å². The van der Waals surface area contributed by atoms with Gasteiger partial charge in [-0.25, -0.2) is 0 Å². The van der Waals surface area contributed by atoms with Crippen molar-refractivity contribution in [2.24, 2.45) is 0 Å². The average Bonchev–Trinajstić information content (AvgIpc) is 2.70. The Morgan fingerprint density at radius 1 is 0.871 bits per heavy atom. The molecule has 1 heterocycles. The van der Waals surface area contributed by atoms with Gasteiger partial charge in [-0.2, -0.15) is 0 Å². The van der Waals surface area contributed by atoms with Crippen LogP contribution in [0, 0.1) is 0 Å². The van der Waals surface area contributed by atoms with Crippen molar-refractivity contribution >= 4 is 12.2 Å². The average molecular weight is 432 g/mol. The molecule has 8 heteroatoms. The Bertz CT molecular complexity index is 886. The summed E-state index contributed by atoms with van der Waals surface area (Å²) >= 11 is 0. The number of aromatic hydroxyl groups is 2. The number of aliphatic hydroxyl groups is 4. The van der Waals surface area contributed by atoms with Crippen molar-refractivity contribution in [2.75, 3.05) is 6.61 Å². The highest BCUT2D eigenvalue weighted by molar-refractivity contribution is 5.71. The Kier molecular flexibility index (Phi) is 6.88. The fraction of sp³-hybridized carbons (Fsp3) is 0.391. The molecule has 0 aliphatic carbocycles. The second-order valence-electron chi connectivity index (χ2n) is 8.14. The van der Waals surface area contributed by atoms with Crippen LogP contribution in [0.4, 0.5) is 0 Å². The molecule has 5 unspecified atom stereocenters. The Labute approximate surface area is 180 Å². The van der Waals surface area contributed by atoms with Gasteiger partial charge in [0.1, 0.15) is 53.4 Å². The summed E-state index contributed by atoms with van der Waals surface area (Å²) in [6.07, 6.45) is -2.73. The summed E-state index contributed by atoms with van der Waals surface area (Å²) in [5.41, 5.74) is 0.409. The molecule has 1 saturated heterocycles. The van der Waals surface area contributed by atoms with Crippen molar-refractivity contribution in [2.45, 2.75) is 50.0 Å². The molecule has 0 amide bonds. The normalized spacial score (nSPS) is 26.8. The predicted molar refractivity (Wildman–Crippen MR) is 114 cm³/mol. The van der Waals surface area contributed by atoms with Crippen molar-refractivity contribution in [1.82, 2.24) is 0 Å². The topological polar surface area (TPSA) is 140 Å². The second kappa shape index (κ2) is 9.25. The van der Waals surface area contributed by atoms with E-state index in [1.807, 2.05) is 0 Å². The lowest BCUT2D eigenvalue weighted by Gasteiger charge is -2.46. The number of hydrogen-bond donors (Lipinski definition) is 6. The summed E-state index contributed by atoms with van der Waals surface area (Å²) in [7, 11) is 0. The van der Waals surface area contributed by atoms with Crippen LogP contribution >= 0.6 is 0 Å². The largest absolute Gasteiger partial charge is 0.508 e. The third-order valence-corrected chi connectivity index (χ3v) is 5.23. The van der Waals surface area contributed by atoms with Crippen LogP contribution in [0.15, 0.2) is 42.5 Å². The maximum atomic E-state index is 10.4. The number of rotatable bonds is 6. The van der Waals surface area contributed by atoms with Crippen molar-refractivity contribution in [3.05, 3.63) is 53.6 Å². The minimum atomic E-state index is -1.47. The van der Waals surface area contributed by atoms with Gasteiger partial charge in [0.2, 0.25) is 0 Å². The van der Waals surface area contributed by atoms with E-state index in [1.54, 1.807) is 50.3 Å². The summed E-state index contributed by atoms with van der Waals surface area (Å²) in [4.78, 5) is 0. The molecule has 0 saturated carbocycles. The van der Waals surface area contributed by atoms with Gasteiger partial charge in [0.05, 0.1) is 6.61 Å². The first-order valence-corrected chi connectivity index (χ1v) is 9.91. The number of hydrogen-bond acceptors (Lipinski definition) is 8. The van der Waals surface area contributed by atoms with Crippen LogP contribution in [0.2, 0.25) is 0 Å². The zero-order valence-corrected chi connectivity index (χ0v) is 17.3. The number of ether oxygens (including phenoxy) is 2. The van der Waals surface area contributed by atoms with E-state index in [0.29, 0.717) is 11.3 Å². The van der Waals surface area contributed by atoms with Crippen molar-refractivity contribution in [3.63, 3.8) is 0 Å². The van der Waals surface area contributed by atoms with Crippen LogP contribution in [0.25, 0.3) is 12.2 Å². The minimum absolute atomic E-state index is 0.0289. The van der Waals surface area contributed by atoms with E-state index in [4.69, 9.17) is 9.47 Å². The number of phenolic OH excluding ortho intramolecular Hbond substituents is 2. The molecule has 168 valence electrons. The third-order valence-electron chi connectivity index (χ3n) is 5.23. The quantitative estimate of drug-likeness (QED) is 0.375. The molecule has 0 spiro atoms. The summed E-state index contributed by atoms with van der Waals surface area (Å²) in [6.45, 7) is 2.86. The van der Waals surface area contributed by atoms with E-state index in [-0.39, 0.29) is 11.5 Å². The second-order valence-corrected chi connectivity index (χ2v) is 8.14. The first kappa shape index (κ1) is 23.1. The van der Waals surface area contributed by atoms with E-state index < -0.39 is 42.7 Å². The molecule has 8 nitrogen and oxygen atoms in total. The van der Waals surface area contributed by atoms with Gasteiger partial charge < -0.3 is 40.1 Å². The van der Waals surface area contributed by atoms with E-state index in [1.165, 1.54) is 18.2 Å². The van der Waals surface area contributed by atoms with Gasteiger partial charge in [-0.1, -0.05) is 24.3 Å². The van der Waals surface area contributed by atoms with E-state index in [9.17, 15) is 30.6 Å². The van der Waals surface area contributed by atoms with Gasteiger partial charge in [-0.05, 0) is 49.2 Å². The van der Waals surface area contributed by atoms with E-state index in [2.05, 4.69) is 0 Å². The van der Waals surface area contributed by atoms with Crippen LogP contribution in [-0.2, 0) is 4.74 Å². The van der Waals surface area contributed by atoms with Gasteiger partial charge >= 0.3 is 0 Å². The van der Waals surface area contributed by atoms with Crippen LogP contribution in [-0.4, -0.2) is 73.4 Å². The molecule has 0 radical (unpaired) electrons. The molecule has 31 heavy (non-hydrogen) atoms. The maximum Gasteiger partial charge on any atom is 0.132 e. The lowest BCUT2D eigenvalue weighted by Crippen LogP contribution is -2.65. The zero-order valence-electron chi connectivity index (χ0n) is 17.3. The lowest BCUT2D eigenvalue weighted by molar-refractivity contribution is -0.259. The summed E-state index contributed by atoms with van der Waals surface area (Å²) in [6, 6.07) is 11.4. The monoisotopic (exact) mass is 432 g/mol. The Morgan fingerprint density at radius 2 is 1.45 bits per heavy atom. The molecule has 1 aliphatic heterocycles. The minimum Gasteiger partial charge on any atom is -0.508 e. The molecule has 2 aromatic carbocycles. The fourth-order valence-corrected chi connectivity index (χ4v) is 3.59. The molecule has 3 rings (SSSR count). The number of aliphatic hydroxyl groups excluding tert-OH is 4. The molecule has 0 bridgehead atoms. The molecule has 0 aromatic heterocycles. The zero-order chi connectivity index (χ0) is 22.8. The molecule has 2 aromatic rings. The van der Waals surface area contributed by atoms with Gasteiger partial charge in [-0.3, -0.25) is 0 Å². The maximum absolute atomic E-state index is 10.4. The highest BCUT2D eigenvalue weighted by Crippen LogP contribution is 2.32. The standard InChI is InChI=1S/C23H28O8/c1-23(2,22-21(29)20(28)19(27)18(12-24)30-22)31-17-7-5-13(6-8-17)3-4-14-9-15(25)11-16(26)10-14/h3-11,18-22,24-29H,12H2,1-2H3/b4-3+. The highest BCUT2D eigenvalue weighted by atomic mass is 16.6. The molecule has 6 N–H and O–H groups in total. The predicted octanol–water partition coefficient (Wildman–Crippen LogP) is 1.27. The SMILES string of the molecule is CC(C)(Oc1ccc(/C=C/c2cc(O)cc(O)c2)cc1)C1OC(CO)C(O)C(O)C1O. The fourth-order valence-electron chi connectivity index (χ4n) is 3.59. The smallest absolute Gasteiger partial charge is 0.132 e. The molecular weight excluding hydrogens is 404 g/mol. The highest BCUT2D eigenvalue weighted by Gasteiger charge is 2.50. The first-order valence-electron chi connectivity index (χ1n) is 9.91. The van der Waals surface area contributed by atoms with Gasteiger partial charge in [0.25, 0.3) is 0 Å². The Hall–Kier alpha value is -2.62. The van der Waals surface area contributed by atoms with Crippen LogP contribution in [0.1, 0.15) is 25.0 Å². The number of phenols is 2. The first-order chi connectivity index (χ1) is 14.6. The van der Waals surface area contributed by atoms with E-state index >= 15 is 0 Å².